The van der Waals surface area contributed by atoms with Gasteiger partial charge in [0.15, 0.2) is 4.96 Å². The fourth-order valence-electron chi connectivity index (χ4n) is 2.91. The monoisotopic (exact) mass is 408 g/mol. The van der Waals surface area contributed by atoms with Crippen molar-refractivity contribution in [2.45, 2.75) is 6.42 Å². The molecule has 0 saturated carbocycles. The van der Waals surface area contributed by atoms with E-state index in [0.29, 0.717) is 5.69 Å². The first-order chi connectivity index (χ1) is 14.0. The fraction of sp³-hybridized carbons (Fsp3) is 0.100. The smallest absolute Gasteiger partial charge is 0.269 e. The molecule has 1 amide bonds. The first kappa shape index (κ1) is 18.6. The van der Waals surface area contributed by atoms with E-state index in [-0.39, 0.29) is 18.0 Å². The van der Waals surface area contributed by atoms with Gasteiger partial charge in [-0.1, -0.05) is 12.1 Å². The van der Waals surface area contributed by atoms with Gasteiger partial charge in [-0.3, -0.25) is 19.3 Å². The number of non-ortho nitro benzene ring substituents is 1. The van der Waals surface area contributed by atoms with E-state index in [1.54, 1.807) is 7.11 Å². The van der Waals surface area contributed by atoms with E-state index >= 15 is 0 Å². The van der Waals surface area contributed by atoms with Crippen molar-refractivity contribution in [1.29, 1.82) is 0 Å². The van der Waals surface area contributed by atoms with Crippen molar-refractivity contribution < 1.29 is 14.5 Å². The standard InChI is InChI=1S/C20H16N4O4S/c1-28-17-4-2-3-13(9-17)18-11-23-16(12-29-20(23)22-18)10-19(25)21-14-5-7-15(8-6-14)24(26)27/h2-9,11-12H,10H2,1H3,(H,21,25). The Balaban J connectivity index is 1.51. The summed E-state index contributed by atoms with van der Waals surface area (Å²) in [5.41, 5.74) is 3.03. The zero-order chi connectivity index (χ0) is 20.4. The molecule has 29 heavy (non-hydrogen) atoms. The van der Waals surface area contributed by atoms with E-state index in [1.807, 2.05) is 40.2 Å². The van der Waals surface area contributed by atoms with Gasteiger partial charge in [-0.25, -0.2) is 4.98 Å². The van der Waals surface area contributed by atoms with Crippen molar-refractivity contribution >= 4 is 33.6 Å². The van der Waals surface area contributed by atoms with Crippen LogP contribution in [-0.4, -0.2) is 27.3 Å². The third-order valence-corrected chi connectivity index (χ3v) is 5.24. The lowest BCUT2D eigenvalue weighted by Crippen LogP contribution is -2.15. The SMILES string of the molecule is COc1cccc(-c2cn3c(CC(=O)Nc4ccc([N+](=O)[O-])cc4)csc3n2)c1. The number of nitro groups is 1. The molecule has 0 bridgehead atoms. The Hall–Kier alpha value is -3.72. The summed E-state index contributed by atoms with van der Waals surface area (Å²) in [5, 5.41) is 15.4. The summed E-state index contributed by atoms with van der Waals surface area (Å²) in [4.78, 5) is 28.1. The van der Waals surface area contributed by atoms with Gasteiger partial charge in [0, 0.05) is 40.7 Å². The number of rotatable bonds is 6. The number of nitrogens with zero attached hydrogens (tertiary/aromatic N) is 3. The number of thiazole rings is 1. The minimum Gasteiger partial charge on any atom is -0.497 e. The molecule has 1 N–H and O–H groups in total. The maximum absolute atomic E-state index is 12.4. The number of hydrogen-bond donors (Lipinski definition) is 1. The van der Waals surface area contributed by atoms with Crippen LogP contribution >= 0.6 is 11.3 Å². The average Bonchev–Trinajstić information content (AvgIpc) is 3.30. The molecule has 0 saturated heterocycles. The normalized spacial score (nSPS) is 10.8. The van der Waals surface area contributed by atoms with Crippen LogP contribution in [0.1, 0.15) is 5.69 Å². The van der Waals surface area contributed by atoms with Crippen LogP contribution in [-0.2, 0) is 11.2 Å². The second-order valence-electron chi connectivity index (χ2n) is 6.27. The number of imidazole rings is 1. The van der Waals surface area contributed by atoms with Gasteiger partial charge < -0.3 is 10.1 Å². The van der Waals surface area contributed by atoms with Crippen LogP contribution in [0.2, 0.25) is 0 Å². The average molecular weight is 408 g/mol. The van der Waals surface area contributed by atoms with Gasteiger partial charge in [0.1, 0.15) is 5.75 Å². The Kier molecular flexibility index (Phi) is 4.96. The molecule has 0 radical (unpaired) electrons. The van der Waals surface area contributed by atoms with Crippen molar-refractivity contribution in [1.82, 2.24) is 9.38 Å². The minimum atomic E-state index is -0.480. The summed E-state index contributed by atoms with van der Waals surface area (Å²) in [6, 6.07) is 13.4. The molecule has 0 aliphatic rings. The van der Waals surface area contributed by atoms with Crippen LogP contribution in [0.25, 0.3) is 16.2 Å². The Morgan fingerprint density at radius 1 is 1.28 bits per heavy atom. The van der Waals surface area contributed by atoms with Gasteiger partial charge in [-0.15, -0.1) is 11.3 Å². The molecule has 0 unspecified atom stereocenters. The summed E-state index contributed by atoms with van der Waals surface area (Å²) in [7, 11) is 1.62. The van der Waals surface area contributed by atoms with Crippen LogP contribution < -0.4 is 10.1 Å². The predicted molar refractivity (Wildman–Crippen MR) is 110 cm³/mol. The van der Waals surface area contributed by atoms with Gasteiger partial charge in [0.2, 0.25) is 5.91 Å². The largest absolute Gasteiger partial charge is 0.497 e. The van der Waals surface area contributed by atoms with E-state index in [9.17, 15) is 14.9 Å². The number of nitrogens with one attached hydrogen (secondary N) is 1. The van der Waals surface area contributed by atoms with E-state index in [0.717, 1.165) is 27.7 Å². The number of anilines is 1. The number of amides is 1. The number of benzene rings is 2. The number of hydrogen-bond acceptors (Lipinski definition) is 6. The van der Waals surface area contributed by atoms with Gasteiger partial charge in [-0.2, -0.15) is 0 Å². The third-order valence-electron chi connectivity index (χ3n) is 4.35. The molecule has 0 spiro atoms. The quantitative estimate of drug-likeness (QED) is 0.381. The van der Waals surface area contributed by atoms with Crippen molar-refractivity contribution in [2.75, 3.05) is 12.4 Å². The lowest BCUT2D eigenvalue weighted by molar-refractivity contribution is -0.384. The molecular weight excluding hydrogens is 392 g/mol. The third kappa shape index (κ3) is 3.94. The number of methoxy groups -OCH3 is 1. The van der Waals surface area contributed by atoms with Crippen molar-refractivity contribution in [3.63, 3.8) is 0 Å². The molecule has 9 heteroatoms. The molecule has 0 aliphatic carbocycles. The summed E-state index contributed by atoms with van der Waals surface area (Å²) in [5.74, 6) is 0.539. The minimum absolute atomic E-state index is 0.0222. The highest BCUT2D eigenvalue weighted by molar-refractivity contribution is 7.15. The van der Waals surface area contributed by atoms with Gasteiger partial charge in [-0.05, 0) is 24.3 Å². The fourth-order valence-corrected chi connectivity index (χ4v) is 3.79. The van der Waals surface area contributed by atoms with Crippen molar-refractivity contribution in [3.05, 3.63) is 75.9 Å². The van der Waals surface area contributed by atoms with Crippen LogP contribution in [0, 0.1) is 10.1 Å². The summed E-state index contributed by atoms with van der Waals surface area (Å²) < 4.78 is 7.16. The second-order valence-corrected chi connectivity index (χ2v) is 7.10. The molecule has 0 fully saturated rings. The number of aromatic nitrogens is 2. The van der Waals surface area contributed by atoms with Gasteiger partial charge in [0.25, 0.3) is 5.69 Å². The number of ether oxygens (including phenoxy) is 1. The summed E-state index contributed by atoms with van der Waals surface area (Å²) in [6.07, 6.45) is 2.06. The molecule has 8 nitrogen and oxygen atoms in total. The predicted octanol–water partition coefficient (Wildman–Crippen LogP) is 4.16. The molecule has 146 valence electrons. The molecule has 2 heterocycles. The Labute approximate surface area is 169 Å². The molecular formula is C20H16N4O4S. The highest BCUT2D eigenvalue weighted by Gasteiger charge is 2.13. The topological polar surface area (TPSA) is 98.8 Å². The van der Waals surface area contributed by atoms with Crippen molar-refractivity contribution in [3.8, 4) is 17.0 Å². The van der Waals surface area contributed by atoms with E-state index in [2.05, 4.69) is 10.3 Å². The molecule has 2 aromatic carbocycles. The van der Waals surface area contributed by atoms with E-state index in [4.69, 9.17) is 4.74 Å². The number of fused-ring (bicyclic) bond motifs is 1. The zero-order valence-corrected chi connectivity index (χ0v) is 16.2. The van der Waals surface area contributed by atoms with Crippen LogP contribution in [0.15, 0.2) is 60.1 Å². The van der Waals surface area contributed by atoms with Crippen molar-refractivity contribution in [2.24, 2.45) is 0 Å². The Morgan fingerprint density at radius 2 is 2.07 bits per heavy atom. The van der Waals surface area contributed by atoms with Gasteiger partial charge >= 0.3 is 0 Å². The summed E-state index contributed by atoms with van der Waals surface area (Å²) in [6.45, 7) is 0. The summed E-state index contributed by atoms with van der Waals surface area (Å²) >= 11 is 1.46. The molecule has 4 rings (SSSR count). The Morgan fingerprint density at radius 3 is 2.79 bits per heavy atom. The lowest BCUT2D eigenvalue weighted by Gasteiger charge is -2.04. The van der Waals surface area contributed by atoms with Gasteiger partial charge in [0.05, 0.1) is 24.1 Å². The molecule has 0 aliphatic heterocycles. The maximum atomic E-state index is 12.4. The highest BCUT2D eigenvalue weighted by atomic mass is 32.1. The maximum Gasteiger partial charge on any atom is 0.269 e. The van der Waals surface area contributed by atoms with E-state index in [1.165, 1.54) is 35.6 Å². The lowest BCUT2D eigenvalue weighted by atomic mass is 10.1. The number of carbonyl (C=O) groups is 1. The first-order valence-electron chi connectivity index (χ1n) is 8.67. The molecule has 4 aromatic rings. The number of carbonyl (C=O) groups excluding carboxylic acids is 1. The zero-order valence-electron chi connectivity index (χ0n) is 15.4. The second kappa shape index (κ2) is 7.72. The number of nitro benzene ring substituents is 1. The Bertz CT molecular complexity index is 1200. The van der Waals surface area contributed by atoms with Crippen LogP contribution in [0.4, 0.5) is 11.4 Å². The molecule has 2 aromatic heterocycles. The molecule has 0 atom stereocenters. The van der Waals surface area contributed by atoms with E-state index < -0.39 is 4.92 Å². The van der Waals surface area contributed by atoms with Crippen LogP contribution in [0.3, 0.4) is 0 Å². The van der Waals surface area contributed by atoms with Crippen LogP contribution in [0.5, 0.6) is 5.75 Å². The first-order valence-corrected chi connectivity index (χ1v) is 9.55. The highest BCUT2D eigenvalue weighted by Crippen LogP contribution is 2.26.